The highest BCUT2D eigenvalue weighted by Crippen LogP contribution is 2.16. The van der Waals surface area contributed by atoms with Gasteiger partial charge in [0.25, 0.3) is 0 Å². The molecule has 1 amide bonds. The molecule has 2 aromatic carbocycles. The van der Waals surface area contributed by atoms with Crippen molar-refractivity contribution in [2.75, 3.05) is 10.6 Å². The van der Waals surface area contributed by atoms with Crippen LogP contribution < -0.4 is 10.6 Å². The van der Waals surface area contributed by atoms with Gasteiger partial charge >= 0.3 is 0 Å². The number of hydrogen-bond donors (Lipinski definition) is 2. The number of aryl methyl sites for hydroxylation is 1. The maximum absolute atomic E-state index is 12.0. The lowest BCUT2D eigenvalue weighted by molar-refractivity contribution is -0.115. The van der Waals surface area contributed by atoms with Crippen molar-refractivity contribution < 1.29 is 4.79 Å². The highest BCUT2D eigenvalue weighted by atomic mass is 32.1. The molecule has 0 atom stereocenters. The van der Waals surface area contributed by atoms with E-state index < -0.39 is 0 Å². The summed E-state index contributed by atoms with van der Waals surface area (Å²) in [5.41, 5.74) is 4.37. The maximum Gasteiger partial charge on any atom is 0.229 e. The summed E-state index contributed by atoms with van der Waals surface area (Å²) in [5, 5.41) is 8.31. The van der Waals surface area contributed by atoms with E-state index in [0.29, 0.717) is 6.42 Å². The topological polar surface area (TPSA) is 41.1 Å². The predicted molar refractivity (Wildman–Crippen MR) is 102 cm³/mol. The number of carbonyl (C=O) groups excluding carboxylic acids is 1. The molecule has 1 heterocycles. The molecule has 2 N–H and O–H groups in total. The Balaban J connectivity index is 1.52. The first-order valence-electron chi connectivity index (χ1n) is 7.91. The van der Waals surface area contributed by atoms with E-state index in [-0.39, 0.29) is 5.91 Å². The lowest BCUT2D eigenvalue weighted by atomic mass is 10.1. The van der Waals surface area contributed by atoms with Crippen LogP contribution in [0.4, 0.5) is 11.4 Å². The van der Waals surface area contributed by atoms with Crippen molar-refractivity contribution in [1.82, 2.24) is 0 Å². The van der Waals surface area contributed by atoms with Gasteiger partial charge in [-0.3, -0.25) is 4.79 Å². The molecule has 0 radical (unpaired) electrons. The number of nitrogens with one attached hydrogen (secondary N) is 2. The molecule has 1 aromatic heterocycles. The van der Waals surface area contributed by atoms with Gasteiger partial charge in [-0.1, -0.05) is 35.9 Å². The van der Waals surface area contributed by atoms with Crippen LogP contribution in [0.3, 0.4) is 0 Å². The van der Waals surface area contributed by atoms with Crippen LogP contribution in [0.25, 0.3) is 0 Å². The van der Waals surface area contributed by atoms with E-state index in [1.165, 1.54) is 11.1 Å². The predicted octanol–water partition coefficient (Wildman–Crippen LogP) is 4.85. The maximum atomic E-state index is 12.0. The fourth-order valence-corrected chi connectivity index (χ4v) is 3.18. The van der Waals surface area contributed by atoms with Gasteiger partial charge in [-0.2, -0.15) is 0 Å². The van der Waals surface area contributed by atoms with Crippen molar-refractivity contribution in [2.45, 2.75) is 19.9 Å². The molecule has 0 bridgehead atoms. The van der Waals surface area contributed by atoms with Crippen LogP contribution in [0, 0.1) is 6.92 Å². The summed E-state index contributed by atoms with van der Waals surface area (Å²) in [5.74, 6) is 0.0120. The summed E-state index contributed by atoms with van der Waals surface area (Å²) in [6, 6.07) is 20.2. The average molecular weight is 336 g/mol. The third-order valence-corrected chi connectivity index (χ3v) is 4.54. The molecule has 3 rings (SSSR count). The summed E-state index contributed by atoms with van der Waals surface area (Å²) in [6.07, 6.45) is 0.422. The number of thiophene rings is 1. The summed E-state index contributed by atoms with van der Waals surface area (Å²) in [6.45, 7) is 2.88. The van der Waals surface area contributed by atoms with Crippen LogP contribution in [0.1, 0.15) is 16.0 Å². The SMILES string of the molecule is Cc1cccc(CNc2ccc(NC(=O)Cc3cccs3)cc2)c1. The minimum Gasteiger partial charge on any atom is -0.381 e. The monoisotopic (exact) mass is 336 g/mol. The van der Waals surface area contributed by atoms with Crippen LogP contribution in [-0.4, -0.2) is 5.91 Å². The minimum atomic E-state index is 0.0120. The Morgan fingerprint density at radius 1 is 1.00 bits per heavy atom. The number of benzene rings is 2. The molecule has 3 aromatic rings. The van der Waals surface area contributed by atoms with E-state index in [4.69, 9.17) is 0 Å². The second-order valence-corrected chi connectivity index (χ2v) is 6.76. The standard InChI is InChI=1S/C20H20N2OS/c1-15-4-2-5-16(12-15)14-21-17-7-9-18(10-8-17)22-20(23)13-19-6-3-11-24-19/h2-12,21H,13-14H2,1H3,(H,22,23). The van der Waals surface area contributed by atoms with Crippen molar-refractivity contribution in [3.8, 4) is 0 Å². The number of anilines is 2. The van der Waals surface area contributed by atoms with Gasteiger partial charge in [0.2, 0.25) is 5.91 Å². The Morgan fingerprint density at radius 2 is 1.79 bits per heavy atom. The molecule has 4 heteroatoms. The van der Waals surface area contributed by atoms with Gasteiger partial charge < -0.3 is 10.6 Å². The smallest absolute Gasteiger partial charge is 0.229 e. The molecule has 0 saturated carbocycles. The molecule has 0 aliphatic rings. The minimum absolute atomic E-state index is 0.0120. The van der Waals surface area contributed by atoms with Crippen molar-refractivity contribution in [1.29, 1.82) is 0 Å². The zero-order valence-corrected chi connectivity index (χ0v) is 14.4. The average Bonchev–Trinajstić information content (AvgIpc) is 3.07. The zero-order chi connectivity index (χ0) is 16.8. The Bertz CT molecular complexity index is 795. The largest absolute Gasteiger partial charge is 0.381 e. The van der Waals surface area contributed by atoms with E-state index in [2.05, 4.69) is 41.8 Å². The molecule has 0 fully saturated rings. The lowest BCUT2D eigenvalue weighted by Gasteiger charge is -2.09. The first-order valence-corrected chi connectivity index (χ1v) is 8.79. The second kappa shape index (κ2) is 7.79. The van der Waals surface area contributed by atoms with Gasteiger partial charge in [0, 0.05) is 22.8 Å². The number of hydrogen-bond acceptors (Lipinski definition) is 3. The van der Waals surface area contributed by atoms with Crippen molar-refractivity contribution in [2.24, 2.45) is 0 Å². The molecule has 0 spiro atoms. The normalized spacial score (nSPS) is 10.4. The third-order valence-electron chi connectivity index (χ3n) is 3.66. The molecule has 0 saturated heterocycles. The van der Waals surface area contributed by atoms with Crippen LogP contribution in [0.15, 0.2) is 66.0 Å². The fraction of sp³-hybridized carbons (Fsp3) is 0.150. The van der Waals surface area contributed by atoms with Gasteiger partial charge in [0.05, 0.1) is 6.42 Å². The van der Waals surface area contributed by atoms with Crippen molar-refractivity contribution >= 4 is 28.6 Å². The third kappa shape index (κ3) is 4.70. The summed E-state index contributed by atoms with van der Waals surface area (Å²) < 4.78 is 0. The fourth-order valence-electron chi connectivity index (χ4n) is 2.47. The lowest BCUT2D eigenvalue weighted by Crippen LogP contribution is -2.13. The van der Waals surface area contributed by atoms with Gasteiger partial charge in [0.15, 0.2) is 0 Å². The highest BCUT2D eigenvalue weighted by Gasteiger charge is 2.05. The van der Waals surface area contributed by atoms with E-state index >= 15 is 0 Å². The molecule has 24 heavy (non-hydrogen) atoms. The Morgan fingerprint density at radius 3 is 2.50 bits per heavy atom. The highest BCUT2D eigenvalue weighted by molar-refractivity contribution is 7.10. The number of rotatable bonds is 6. The van der Waals surface area contributed by atoms with Crippen LogP contribution >= 0.6 is 11.3 Å². The Kier molecular flexibility index (Phi) is 5.29. The van der Waals surface area contributed by atoms with Crippen LogP contribution in [0.2, 0.25) is 0 Å². The first-order chi connectivity index (χ1) is 11.7. The van der Waals surface area contributed by atoms with Crippen LogP contribution in [0.5, 0.6) is 0 Å². The van der Waals surface area contributed by atoms with Crippen molar-refractivity contribution in [3.05, 3.63) is 82.0 Å². The van der Waals surface area contributed by atoms with E-state index in [9.17, 15) is 4.79 Å². The van der Waals surface area contributed by atoms with Gasteiger partial charge in [-0.15, -0.1) is 11.3 Å². The number of amides is 1. The summed E-state index contributed by atoms with van der Waals surface area (Å²) in [7, 11) is 0. The molecule has 0 aliphatic heterocycles. The van der Waals surface area contributed by atoms with Crippen LogP contribution in [-0.2, 0) is 17.8 Å². The van der Waals surface area contributed by atoms with E-state index in [1.807, 2.05) is 41.8 Å². The molecule has 0 aliphatic carbocycles. The first kappa shape index (κ1) is 16.3. The molecular weight excluding hydrogens is 316 g/mol. The number of carbonyl (C=O) groups is 1. The van der Waals surface area contributed by atoms with E-state index in [0.717, 1.165) is 22.8 Å². The van der Waals surface area contributed by atoms with Gasteiger partial charge in [0.1, 0.15) is 0 Å². The zero-order valence-electron chi connectivity index (χ0n) is 13.6. The Hall–Kier alpha value is -2.59. The Labute approximate surface area is 146 Å². The summed E-state index contributed by atoms with van der Waals surface area (Å²) in [4.78, 5) is 13.1. The second-order valence-electron chi connectivity index (χ2n) is 5.72. The van der Waals surface area contributed by atoms with E-state index in [1.54, 1.807) is 11.3 Å². The molecule has 122 valence electrons. The molecular formula is C20H20N2OS. The molecule has 3 nitrogen and oxygen atoms in total. The van der Waals surface area contributed by atoms with Gasteiger partial charge in [-0.05, 0) is 48.2 Å². The molecule has 0 unspecified atom stereocenters. The van der Waals surface area contributed by atoms with Gasteiger partial charge in [-0.25, -0.2) is 0 Å². The quantitative estimate of drug-likeness (QED) is 0.675. The summed E-state index contributed by atoms with van der Waals surface area (Å²) >= 11 is 1.60. The van der Waals surface area contributed by atoms with Crippen molar-refractivity contribution in [3.63, 3.8) is 0 Å².